The molecule has 0 bridgehead atoms. The van der Waals surface area contributed by atoms with Crippen molar-refractivity contribution in [3.05, 3.63) is 18.0 Å². The number of hydrogen-bond donors (Lipinski definition) is 1. The number of carboxylic acids is 1. The van der Waals surface area contributed by atoms with E-state index in [4.69, 9.17) is 9.84 Å². The number of hydrogen-bond acceptors (Lipinski definition) is 4. The standard InChI is InChI=1S/C15H21N3O4/c19-14(20)9-12-10-22-8-7-17(12)15(21)13-5-6-18(16-13)11-3-1-2-4-11/h5-6,11-12H,1-4,7-10H2,(H,19,20)/t12-/m0/s1. The van der Waals surface area contributed by atoms with E-state index in [1.54, 1.807) is 11.0 Å². The van der Waals surface area contributed by atoms with Crippen molar-refractivity contribution in [3.8, 4) is 0 Å². The van der Waals surface area contributed by atoms with E-state index in [1.807, 2.05) is 10.9 Å². The molecule has 2 aliphatic rings. The molecular weight excluding hydrogens is 286 g/mol. The van der Waals surface area contributed by atoms with Crippen molar-refractivity contribution < 1.29 is 19.4 Å². The molecule has 0 aromatic carbocycles. The second-order valence-electron chi connectivity index (χ2n) is 5.94. The fourth-order valence-electron chi connectivity index (χ4n) is 3.26. The second-order valence-corrected chi connectivity index (χ2v) is 5.94. The van der Waals surface area contributed by atoms with Gasteiger partial charge in [-0.1, -0.05) is 12.8 Å². The Hall–Kier alpha value is -1.89. The van der Waals surface area contributed by atoms with E-state index in [2.05, 4.69) is 5.10 Å². The zero-order valence-corrected chi connectivity index (χ0v) is 12.5. The predicted octanol–water partition coefficient (Wildman–Crippen LogP) is 1.31. The zero-order valence-electron chi connectivity index (χ0n) is 12.5. The zero-order chi connectivity index (χ0) is 15.5. The van der Waals surface area contributed by atoms with Crippen LogP contribution in [-0.2, 0) is 9.53 Å². The minimum Gasteiger partial charge on any atom is -0.481 e. The summed E-state index contributed by atoms with van der Waals surface area (Å²) in [6, 6.07) is 1.70. The van der Waals surface area contributed by atoms with Gasteiger partial charge in [0.25, 0.3) is 5.91 Å². The number of aliphatic carboxylic acids is 1. The Kier molecular flexibility index (Phi) is 4.42. The van der Waals surface area contributed by atoms with Gasteiger partial charge in [0.1, 0.15) is 5.69 Å². The van der Waals surface area contributed by atoms with Crippen LogP contribution in [-0.4, -0.2) is 57.5 Å². The van der Waals surface area contributed by atoms with Crippen LogP contribution in [0.25, 0.3) is 0 Å². The molecule has 0 spiro atoms. The normalized spacial score (nSPS) is 22.9. The van der Waals surface area contributed by atoms with E-state index < -0.39 is 12.0 Å². The van der Waals surface area contributed by atoms with Crippen molar-refractivity contribution >= 4 is 11.9 Å². The van der Waals surface area contributed by atoms with Gasteiger partial charge in [-0.25, -0.2) is 0 Å². The minimum atomic E-state index is -0.926. The molecule has 120 valence electrons. The first-order valence-corrected chi connectivity index (χ1v) is 7.81. The average Bonchev–Trinajstić information content (AvgIpc) is 3.17. The van der Waals surface area contributed by atoms with E-state index in [1.165, 1.54) is 12.8 Å². The molecule has 0 radical (unpaired) electrons. The molecule has 7 heteroatoms. The molecule has 1 saturated heterocycles. The van der Waals surface area contributed by atoms with Gasteiger partial charge in [0, 0.05) is 12.7 Å². The summed E-state index contributed by atoms with van der Waals surface area (Å²) in [7, 11) is 0. The van der Waals surface area contributed by atoms with Crippen LogP contribution in [0.15, 0.2) is 12.3 Å². The molecule has 3 rings (SSSR count). The van der Waals surface area contributed by atoms with Crippen LogP contribution in [0.4, 0.5) is 0 Å². The van der Waals surface area contributed by atoms with Gasteiger partial charge in [-0.3, -0.25) is 14.3 Å². The summed E-state index contributed by atoms with van der Waals surface area (Å²) in [6.07, 6.45) is 6.38. The maximum Gasteiger partial charge on any atom is 0.305 e. The van der Waals surface area contributed by atoms with Crippen molar-refractivity contribution in [2.75, 3.05) is 19.8 Å². The molecule has 1 aliphatic carbocycles. The number of morpholine rings is 1. The SMILES string of the molecule is O=C(O)C[C@H]1COCCN1C(=O)c1ccn(C2CCCC2)n1. The summed E-state index contributed by atoms with van der Waals surface area (Å²) in [5.74, 6) is -1.13. The largest absolute Gasteiger partial charge is 0.481 e. The van der Waals surface area contributed by atoms with Crippen LogP contribution in [0, 0.1) is 0 Å². The van der Waals surface area contributed by atoms with Gasteiger partial charge in [0.05, 0.1) is 31.7 Å². The van der Waals surface area contributed by atoms with Crippen molar-refractivity contribution in [1.29, 1.82) is 0 Å². The van der Waals surface area contributed by atoms with Gasteiger partial charge in [-0.15, -0.1) is 0 Å². The maximum absolute atomic E-state index is 12.6. The molecule has 1 N–H and O–H groups in total. The van der Waals surface area contributed by atoms with E-state index in [0.717, 1.165) is 12.8 Å². The molecule has 1 amide bonds. The van der Waals surface area contributed by atoms with E-state index in [-0.39, 0.29) is 18.9 Å². The topological polar surface area (TPSA) is 84.7 Å². The van der Waals surface area contributed by atoms with Crippen molar-refractivity contribution in [2.24, 2.45) is 0 Å². The van der Waals surface area contributed by atoms with Gasteiger partial charge in [-0.2, -0.15) is 5.10 Å². The van der Waals surface area contributed by atoms with Crippen LogP contribution in [0.5, 0.6) is 0 Å². The predicted molar refractivity (Wildman–Crippen MR) is 77.6 cm³/mol. The third-order valence-electron chi connectivity index (χ3n) is 4.42. The first kappa shape index (κ1) is 15.0. The van der Waals surface area contributed by atoms with Crippen molar-refractivity contribution in [3.63, 3.8) is 0 Å². The molecule has 22 heavy (non-hydrogen) atoms. The van der Waals surface area contributed by atoms with E-state index >= 15 is 0 Å². The molecule has 1 atom stereocenters. The Balaban J connectivity index is 1.72. The Morgan fingerprint density at radius 2 is 2.14 bits per heavy atom. The molecule has 2 heterocycles. The number of rotatable bonds is 4. The van der Waals surface area contributed by atoms with Crippen LogP contribution < -0.4 is 0 Å². The van der Waals surface area contributed by atoms with Crippen molar-refractivity contribution in [2.45, 2.75) is 44.2 Å². The van der Waals surface area contributed by atoms with Crippen LogP contribution in [0.1, 0.15) is 48.6 Å². The van der Waals surface area contributed by atoms with E-state index in [0.29, 0.717) is 24.9 Å². The summed E-state index contributed by atoms with van der Waals surface area (Å²) >= 11 is 0. The minimum absolute atomic E-state index is 0.102. The monoisotopic (exact) mass is 307 g/mol. The van der Waals surface area contributed by atoms with Gasteiger partial charge >= 0.3 is 5.97 Å². The molecule has 1 aliphatic heterocycles. The average molecular weight is 307 g/mol. The summed E-state index contributed by atoms with van der Waals surface area (Å²) < 4.78 is 7.18. The van der Waals surface area contributed by atoms with Gasteiger partial charge in [-0.05, 0) is 18.9 Å². The molecule has 7 nitrogen and oxygen atoms in total. The molecule has 2 fully saturated rings. The lowest BCUT2D eigenvalue weighted by Crippen LogP contribution is -2.49. The van der Waals surface area contributed by atoms with E-state index in [9.17, 15) is 9.59 Å². The Morgan fingerprint density at radius 1 is 1.36 bits per heavy atom. The maximum atomic E-state index is 12.6. The Bertz CT molecular complexity index is 551. The number of carboxylic acid groups (broad SMARTS) is 1. The fourth-order valence-corrected chi connectivity index (χ4v) is 3.26. The highest BCUT2D eigenvalue weighted by atomic mass is 16.5. The Morgan fingerprint density at radius 3 is 2.86 bits per heavy atom. The highest BCUT2D eigenvalue weighted by molar-refractivity contribution is 5.92. The quantitative estimate of drug-likeness (QED) is 0.906. The summed E-state index contributed by atoms with van der Waals surface area (Å²) in [6.45, 7) is 1.11. The third-order valence-corrected chi connectivity index (χ3v) is 4.42. The second kappa shape index (κ2) is 6.48. The van der Waals surface area contributed by atoms with Crippen molar-refractivity contribution in [1.82, 2.24) is 14.7 Å². The molecule has 1 saturated carbocycles. The number of carbonyl (C=O) groups excluding carboxylic acids is 1. The van der Waals surface area contributed by atoms with Crippen LogP contribution in [0.2, 0.25) is 0 Å². The first-order chi connectivity index (χ1) is 10.6. The number of amides is 1. The summed E-state index contributed by atoms with van der Waals surface area (Å²) in [5, 5.41) is 13.4. The lowest BCUT2D eigenvalue weighted by Gasteiger charge is -2.34. The summed E-state index contributed by atoms with van der Waals surface area (Å²) in [4.78, 5) is 25.1. The third kappa shape index (κ3) is 3.14. The lowest BCUT2D eigenvalue weighted by atomic mass is 10.1. The molecule has 1 aromatic rings. The van der Waals surface area contributed by atoms with Gasteiger partial charge < -0.3 is 14.7 Å². The van der Waals surface area contributed by atoms with Gasteiger partial charge in [0.2, 0.25) is 0 Å². The lowest BCUT2D eigenvalue weighted by molar-refractivity contribution is -0.139. The molecular formula is C15H21N3O4. The number of nitrogens with zero attached hydrogens (tertiary/aromatic N) is 3. The molecule has 1 aromatic heterocycles. The smallest absolute Gasteiger partial charge is 0.305 e. The number of aromatic nitrogens is 2. The number of ether oxygens (including phenoxy) is 1. The first-order valence-electron chi connectivity index (χ1n) is 7.81. The van der Waals surface area contributed by atoms with Crippen LogP contribution in [0.3, 0.4) is 0 Å². The van der Waals surface area contributed by atoms with Gasteiger partial charge in [0.15, 0.2) is 0 Å². The highest BCUT2D eigenvalue weighted by Gasteiger charge is 2.31. The summed E-state index contributed by atoms with van der Waals surface area (Å²) in [5.41, 5.74) is 0.393. The fraction of sp³-hybridized carbons (Fsp3) is 0.667. The highest BCUT2D eigenvalue weighted by Crippen LogP contribution is 2.28. The molecule has 0 unspecified atom stereocenters. The van der Waals surface area contributed by atoms with Crippen LogP contribution >= 0.6 is 0 Å². The Labute approximate surface area is 128 Å². The number of carbonyl (C=O) groups is 2.